The Kier molecular flexibility index (Phi) is 6.96. The van der Waals surface area contributed by atoms with Crippen molar-refractivity contribution in [3.05, 3.63) is 93.2 Å². The standard InChI is InChI=1S/C29H30BrN5O3/c1-4-26(36)33-13-11-23-27-24(35(32-23)20-8-5-18(6-9-20)17(2)3)12-14-34(25(27)16-33)29(38)21-10-7-19(30)15-22(21)28(31)37/h4-10,15,17,25H,1,11-14,16H2,2-3H3,(H2,31,37). The fourth-order valence-corrected chi connectivity index (χ4v) is 5.80. The van der Waals surface area contributed by atoms with E-state index in [9.17, 15) is 14.4 Å². The molecule has 3 heterocycles. The van der Waals surface area contributed by atoms with Gasteiger partial charge < -0.3 is 15.5 Å². The number of hydrogen-bond acceptors (Lipinski definition) is 4. The van der Waals surface area contributed by atoms with Crippen LogP contribution in [-0.2, 0) is 17.6 Å². The Morgan fingerprint density at radius 1 is 1.08 bits per heavy atom. The highest BCUT2D eigenvalue weighted by atomic mass is 79.9. The number of nitrogens with two attached hydrogens (primary N) is 1. The number of carbonyl (C=O) groups excluding carboxylic acids is 3. The Morgan fingerprint density at radius 2 is 1.82 bits per heavy atom. The molecular weight excluding hydrogens is 546 g/mol. The van der Waals surface area contributed by atoms with Crippen molar-refractivity contribution >= 4 is 33.7 Å². The maximum atomic E-state index is 13.9. The van der Waals surface area contributed by atoms with Crippen LogP contribution in [0.2, 0.25) is 0 Å². The summed E-state index contributed by atoms with van der Waals surface area (Å²) in [5.74, 6) is -0.726. The minimum absolute atomic E-state index is 0.156. The predicted molar refractivity (Wildman–Crippen MR) is 148 cm³/mol. The van der Waals surface area contributed by atoms with Gasteiger partial charge in [0.15, 0.2) is 0 Å². The number of rotatable bonds is 5. The third kappa shape index (κ3) is 4.55. The lowest BCUT2D eigenvalue weighted by Crippen LogP contribution is -2.46. The van der Waals surface area contributed by atoms with Crippen molar-refractivity contribution in [3.63, 3.8) is 0 Å². The lowest BCUT2D eigenvalue weighted by Gasteiger charge is -2.38. The van der Waals surface area contributed by atoms with Gasteiger partial charge in [-0.2, -0.15) is 5.10 Å². The van der Waals surface area contributed by atoms with Gasteiger partial charge in [0.2, 0.25) is 11.8 Å². The van der Waals surface area contributed by atoms with E-state index >= 15 is 0 Å². The monoisotopic (exact) mass is 575 g/mol. The van der Waals surface area contributed by atoms with Gasteiger partial charge in [-0.1, -0.05) is 48.5 Å². The summed E-state index contributed by atoms with van der Waals surface area (Å²) in [5, 5.41) is 4.99. The van der Waals surface area contributed by atoms with E-state index in [1.54, 1.807) is 28.0 Å². The minimum atomic E-state index is -0.671. The van der Waals surface area contributed by atoms with Gasteiger partial charge >= 0.3 is 0 Å². The number of benzene rings is 2. The number of aromatic nitrogens is 2. The van der Waals surface area contributed by atoms with Crippen LogP contribution in [0.3, 0.4) is 0 Å². The van der Waals surface area contributed by atoms with Crippen molar-refractivity contribution in [2.24, 2.45) is 5.73 Å². The first-order chi connectivity index (χ1) is 18.2. The molecule has 2 aromatic carbocycles. The first kappa shape index (κ1) is 25.9. The van der Waals surface area contributed by atoms with E-state index in [0.717, 1.165) is 22.6 Å². The molecule has 3 aromatic rings. The van der Waals surface area contributed by atoms with E-state index in [1.165, 1.54) is 11.6 Å². The summed E-state index contributed by atoms with van der Waals surface area (Å²) in [6.07, 6.45) is 2.46. The Hall–Kier alpha value is -3.72. The Labute approximate surface area is 230 Å². The van der Waals surface area contributed by atoms with Crippen LogP contribution in [-0.4, -0.2) is 56.9 Å². The van der Waals surface area contributed by atoms with Crippen molar-refractivity contribution in [1.82, 2.24) is 19.6 Å². The summed E-state index contributed by atoms with van der Waals surface area (Å²) in [7, 11) is 0. The Bertz CT molecular complexity index is 1440. The average Bonchev–Trinajstić information content (AvgIpc) is 3.17. The molecule has 196 valence electrons. The van der Waals surface area contributed by atoms with Crippen LogP contribution in [0.25, 0.3) is 5.69 Å². The summed E-state index contributed by atoms with van der Waals surface area (Å²) >= 11 is 3.36. The van der Waals surface area contributed by atoms with Gasteiger partial charge in [-0.05, 0) is 47.9 Å². The number of hydrogen-bond donors (Lipinski definition) is 1. The van der Waals surface area contributed by atoms with Gasteiger partial charge in [0.1, 0.15) is 0 Å². The van der Waals surface area contributed by atoms with E-state index < -0.39 is 11.9 Å². The molecule has 0 saturated heterocycles. The zero-order valence-corrected chi connectivity index (χ0v) is 23.1. The van der Waals surface area contributed by atoms with Crippen molar-refractivity contribution in [3.8, 4) is 5.69 Å². The molecule has 0 bridgehead atoms. The summed E-state index contributed by atoms with van der Waals surface area (Å²) in [6, 6.07) is 12.9. The van der Waals surface area contributed by atoms with Crippen molar-refractivity contribution in [2.45, 2.75) is 38.6 Å². The quantitative estimate of drug-likeness (QED) is 0.461. The third-order valence-corrected chi connectivity index (χ3v) is 7.93. The topological polar surface area (TPSA) is 102 Å². The molecule has 0 spiro atoms. The van der Waals surface area contributed by atoms with Crippen LogP contribution in [0.15, 0.2) is 59.6 Å². The molecule has 0 fully saturated rings. The average molecular weight is 576 g/mol. The minimum Gasteiger partial charge on any atom is -0.366 e. The van der Waals surface area contributed by atoms with E-state index in [4.69, 9.17) is 10.8 Å². The number of carbonyl (C=O) groups is 3. The molecular formula is C29H30BrN5O3. The van der Waals surface area contributed by atoms with Gasteiger partial charge in [-0.3, -0.25) is 14.4 Å². The zero-order chi connectivity index (χ0) is 27.1. The zero-order valence-electron chi connectivity index (χ0n) is 21.5. The van der Waals surface area contributed by atoms with Gasteiger partial charge in [-0.15, -0.1) is 0 Å². The highest BCUT2D eigenvalue weighted by Crippen LogP contribution is 2.38. The number of halogens is 1. The lowest BCUT2D eigenvalue weighted by molar-refractivity contribution is -0.126. The lowest BCUT2D eigenvalue weighted by atomic mass is 9.94. The first-order valence-electron chi connectivity index (χ1n) is 12.7. The Morgan fingerprint density at radius 3 is 2.47 bits per heavy atom. The molecule has 8 nitrogen and oxygen atoms in total. The molecule has 3 amide bonds. The van der Waals surface area contributed by atoms with Crippen LogP contribution in [0.1, 0.15) is 69.0 Å². The van der Waals surface area contributed by atoms with E-state index in [1.807, 2.05) is 4.68 Å². The van der Waals surface area contributed by atoms with Gasteiger partial charge in [0.25, 0.3) is 5.91 Å². The highest BCUT2D eigenvalue weighted by Gasteiger charge is 2.40. The molecule has 1 unspecified atom stereocenters. The first-order valence-corrected chi connectivity index (χ1v) is 13.5. The second-order valence-electron chi connectivity index (χ2n) is 10.0. The normalized spacial score (nSPS) is 16.7. The molecule has 0 radical (unpaired) electrons. The van der Waals surface area contributed by atoms with Crippen molar-refractivity contribution < 1.29 is 14.4 Å². The molecule has 1 aromatic heterocycles. The predicted octanol–water partition coefficient (Wildman–Crippen LogP) is 4.17. The molecule has 1 atom stereocenters. The van der Waals surface area contributed by atoms with Crippen LogP contribution >= 0.6 is 15.9 Å². The molecule has 5 rings (SSSR count). The van der Waals surface area contributed by atoms with Gasteiger partial charge in [-0.25, -0.2) is 4.68 Å². The third-order valence-electron chi connectivity index (χ3n) is 7.44. The largest absolute Gasteiger partial charge is 0.366 e. The molecule has 9 heteroatoms. The summed E-state index contributed by atoms with van der Waals surface area (Å²) in [6.45, 7) is 9.18. The number of nitrogens with zero attached hydrogens (tertiary/aromatic N) is 4. The molecule has 2 N–H and O–H groups in total. The number of amides is 3. The van der Waals surface area contributed by atoms with Crippen LogP contribution < -0.4 is 5.73 Å². The van der Waals surface area contributed by atoms with Gasteiger partial charge in [0.05, 0.1) is 34.2 Å². The van der Waals surface area contributed by atoms with Crippen LogP contribution in [0.4, 0.5) is 0 Å². The smallest absolute Gasteiger partial charge is 0.255 e. The fourth-order valence-electron chi connectivity index (χ4n) is 5.44. The van der Waals surface area contributed by atoms with Crippen LogP contribution in [0.5, 0.6) is 0 Å². The second-order valence-corrected chi connectivity index (χ2v) is 10.9. The SMILES string of the molecule is C=CC(=O)N1CCc2nn(-c3ccc(C(C)C)cc3)c3c2C(C1)N(C(=O)c1ccc(Br)cc1C(N)=O)CC3. The molecule has 0 aliphatic carbocycles. The maximum absolute atomic E-state index is 13.9. The van der Waals surface area contributed by atoms with E-state index in [2.05, 4.69) is 60.6 Å². The van der Waals surface area contributed by atoms with Crippen molar-refractivity contribution in [1.29, 1.82) is 0 Å². The molecule has 2 aliphatic heterocycles. The van der Waals surface area contributed by atoms with E-state index in [-0.39, 0.29) is 22.9 Å². The molecule has 0 saturated carbocycles. The Balaban J connectivity index is 1.60. The summed E-state index contributed by atoms with van der Waals surface area (Å²) in [4.78, 5) is 42.3. The van der Waals surface area contributed by atoms with E-state index in [0.29, 0.717) is 42.9 Å². The van der Waals surface area contributed by atoms with Gasteiger partial charge in [0, 0.05) is 42.5 Å². The van der Waals surface area contributed by atoms with Crippen molar-refractivity contribution in [2.75, 3.05) is 19.6 Å². The highest BCUT2D eigenvalue weighted by molar-refractivity contribution is 9.10. The molecule has 38 heavy (non-hydrogen) atoms. The summed E-state index contributed by atoms with van der Waals surface area (Å²) < 4.78 is 2.65. The number of primary amides is 1. The summed E-state index contributed by atoms with van der Waals surface area (Å²) in [5.41, 5.74) is 11.2. The second kappa shape index (κ2) is 10.2. The van der Waals surface area contributed by atoms with Crippen LogP contribution in [0, 0.1) is 0 Å². The molecule has 2 aliphatic rings. The fraction of sp³-hybridized carbons (Fsp3) is 0.310. The maximum Gasteiger partial charge on any atom is 0.255 e.